The summed E-state index contributed by atoms with van der Waals surface area (Å²) in [6.07, 6.45) is 0.269. The van der Waals surface area contributed by atoms with Gasteiger partial charge < -0.3 is 14.0 Å². The molecule has 0 N–H and O–H groups in total. The molecule has 6 aromatic carbocycles. The minimum atomic E-state index is -2.17. The number of aryl methyl sites for hydroxylation is 3. The van der Waals surface area contributed by atoms with E-state index >= 15 is 0 Å². The summed E-state index contributed by atoms with van der Waals surface area (Å²) in [6.45, 7) is 14.4. The number of aromatic nitrogens is 3. The van der Waals surface area contributed by atoms with Gasteiger partial charge in [0.1, 0.15) is 5.58 Å². The molecule has 9 aromatic rings. The summed E-state index contributed by atoms with van der Waals surface area (Å²) in [5.74, 6) is 0.833. The van der Waals surface area contributed by atoms with Crippen LogP contribution < -0.4 is 5.19 Å². The minimum Gasteiger partial charge on any atom is -0.501 e. The van der Waals surface area contributed by atoms with Crippen LogP contribution in [0.3, 0.4) is 0 Å². The SMILES string of the molecule is Cc1cc(-c2ccccc2)cc(C)c1-n1c(-c2[c-]ccc3c2oc2ccccc23)nc2ccccc21.[2H]C([2H])([2H])c1c[c-]c(-c2cc(C([2H])([2H])C(C)(C)C)c([Si](C)(C)C)cn2)cc1.[Ir]. The molecule has 9 rings (SSSR count). The third-order valence-electron chi connectivity index (χ3n) is 10.3. The average molecular weight is 971 g/mol. The second-order valence-corrected chi connectivity index (χ2v) is 22.0. The van der Waals surface area contributed by atoms with Gasteiger partial charge in [-0.3, -0.25) is 4.98 Å². The van der Waals surface area contributed by atoms with Crippen LogP contribution in [0.4, 0.5) is 0 Å². The number of nitrogens with zero attached hydrogens (tertiary/aromatic N) is 3. The van der Waals surface area contributed by atoms with E-state index in [0.717, 1.165) is 55.2 Å². The Balaban J connectivity index is 0.000000197. The number of pyridine rings is 1. The van der Waals surface area contributed by atoms with Crippen LogP contribution in [0.2, 0.25) is 19.6 Å². The largest absolute Gasteiger partial charge is 0.501 e. The van der Waals surface area contributed by atoms with Crippen LogP contribution in [0.25, 0.3) is 72.4 Å². The van der Waals surface area contributed by atoms with E-state index in [1.807, 2.05) is 57.2 Å². The summed E-state index contributed by atoms with van der Waals surface area (Å²) in [6, 6.07) is 48.6. The summed E-state index contributed by atoms with van der Waals surface area (Å²) in [7, 11) is -1.81. The maximum absolute atomic E-state index is 8.79. The zero-order chi connectivity index (χ0) is 45.1. The molecule has 0 aliphatic carbocycles. The molecule has 0 aliphatic heterocycles. The van der Waals surface area contributed by atoms with Crippen LogP contribution in [0.1, 0.15) is 49.9 Å². The Morgan fingerprint density at radius 2 is 1.51 bits per heavy atom. The molecule has 0 saturated heterocycles. The van der Waals surface area contributed by atoms with Crippen molar-refractivity contribution < 1.29 is 31.4 Å². The minimum absolute atomic E-state index is 0. The van der Waals surface area contributed by atoms with E-state index in [9.17, 15) is 0 Å². The van der Waals surface area contributed by atoms with Crippen molar-refractivity contribution in [2.45, 2.75) is 67.5 Å². The van der Waals surface area contributed by atoms with Gasteiger partial charge in [0.15, 0.2) is 0 Å². The van der Waals surface area contributed by atoms with E-state index in [1.54, 1.807) is 18.3 Å². The van der Waals surface area contributed by atoms with Crippen molar-refractivity contribution in [3.8, 4) is 39.5 Å². The van der Waals surface area contributed by atoms with Gasteiger partial charge in [-0.1, -0.05) is 131 Å². The normalized spacial score (nSPS) is 13.5. The van der Waals surface area contributed by atoms with Crippen molar-refractivity contribution in [2.75, 3.05) is 0 Å². The number of fused-ring (bicyclic) bond motifs is 4. The third kappa shape index (κ3) is 8.68. The molecule has 59 heavy (non-hydrogen) atoms. The van der Waals surface area contributed by atoms with Gasteiger partial charge in [-0.25, -0.2) is 0 Å². The summed E-state index contributed by atoms with van der Waals surface area (Å²) in [4.78, 5) is 9.67. The topological polar surface area (TPSA) is 43.9 Å². The predicted octanol–water partition coefficient (Wildman–Crippen LogP) is 13.7. The number of para-hydroxylation sites is 3. The van der Waals surface area contributed by atoms with Crippen molar-refractivity contribution in [3.63, 3.8) is 0 Å². The fourth-order valence-electron chi connectivity index (χ4n) is 7.67. The van der Waals surface area contributed by atoms with Crippen LogP contribution in [0.5, 0.6) is 0 Å². The van der Waals surface area contributed by atoms with Crippen LogP contribution in [0, 0.1) is 38.2 Å². The quantitative estimate of drug-likeness (QED) is 0.123. The first kappa shape index (κ1) is 35.5. The first-order chi connectivity index (χ1) is 29.7. The molecule has 3 heterocycles. The molecule has 6 heteroatoms. The number of rotatable bonds is 6. The van der Waals surface area contributed by atoms with Gasteiger partial charge in [-0.2, -0.15) is 0 Å². The first-order valence-corrected chi connectivity index (χ1v) is 23.2. The second kappa shape index (κ2) is 16.7. The van der Waals surface area contributed by atoms with E-state index in [4.69, 9.17) is 16.3 Å². The van der Waals surface area contributed by atoms with Gasteiger partial charge in [0.05, 0.1) is 30.5 Å². The molecule has 3 aromatic heterocycles. The molecule has 299 valence electrons. The molecule has 1 radical (unpaired) electrons. The average Bonchev–Trinajstić information content (AvgIpc) is 3.82. The molecule has 0 fully saturated rings. The van der Waals surface area contributed by atoms with Crippen molar-refractivity contribution in [3.05, 3.63) is 168 Å². The van der Waals surface area contributed by atoms with Gasteiger partial charge in [0.25, 0.3) is 0 Å². The Kier molecular flexibility index (Phi) is 10.1. The molecule has 0 amide bonds. The monoisotopic (exact) mass is 971 g/mol. The molecule has 0 saturated carbocycles. The number of benzene rings is 6. The van der Waals surface area contributed by atoms with Crippen molar-refractivity contribution in [1.82, 2.24) is 14.5 Å². The number of imidazole rings is 1. The van der Waals surface area contributed by atoms with E-state index in [-0.39, 0.29) is 25.7 Å². The zero-order valence-electron chi connectivity index (χ0n) is 39.8. The molecular formula is C53H51IrN3OSi-2. The van der Waals surface area contributed by atoms with E-state index in [2.05, 4.69) is 128 Å². The van der Waals surface area contributed by atoms with E-state index < -0.39 is 26.7 Å². The van der Waals surface area contributed by atoms with Gasteiger partial charge in [-0.15, -0.1) is 53.6 Å². The predicted molar refractivity (Wildman–Crippen MR) is 247 cm³/mol. The molecule has 0 bridgehead atoms. The molecule has 0 aliphatic rings. The molecular weight excluding hydrogens is 915 g/mol. The Hall–Kier alpha value is -5.39. The smallest absolute Gasteiger partial charge is 0.120 e. The Morgan fingerprint density at radius 1 is 0.797 bits per heavy atom. The first-order valence-electron chi connectivity index (χ1n) is 22.2. The van der Waals surface area contributed by atoms with Crippen LogP contribution >= 0.6 is 0 Å². The summed E-state index contributed by atoms with van der Waals surface area (Å²) < 4.78 is 48.7. The standard InChI is InChI=1S/C33H23N2O.C20H28NSi.Ir/c1-21-19-24(23-11-4-3-5-12-23)20-22(2)31(21)35-29-17-8-7-16-28(29)34-33(35)27-15-10-14-26-25-13-6-9-18-30(25)36-32(26)27;1-15-8-10-16(11-9-15)18-12-17(13-20(2,3)4)19(14-21-18)22(5,6)7;/h3-14,16-20H,1-2H3;8-10,12,14H,13H2,1-7H3;/q2*-1;/i;1D3,13D2;. The molecule has 0 atom stereocenters. The van der Waals surface area contributed by atoms with Gasteiger partial charge in [-0.05, 0) is 89.1 Å². The number of hydrogen-bond acceptors (Lipinski definition) is 3. The van der Waals surface area contributed by atoms with E-state index in [1.165, 1.54) is 28.3 Å². The van der Waals surface area contributed by atoms with E-state index in [0.29, 0.717) is 16.8 Å². The zero-order valence-corrected chi connectivity index (χ0v) is 38.2. The molecule has 0 spiro atoms. The second-order valence-electron chi connectivity index (χ2n) is 17.0. The number of furan rings is 1. The van der Waals surface area contributed by atoms with Crippen molar-refractivity contribution >= 4 is 46.2 Å². The Morgan fingerprint density at radius 3 is 2.20 bits per heavy atom. The fourth-order valence-corrected chi connectivity index (χ4v) is 9.07. The maximum Gasteiger partial charge on any atom is 0.120 e. The van der Waals surface area contributed by atoms with Crippen LogP contribution in [-0.4, -0.2) is 22.6 Å². The Bertz CT molecular complexity index is 3100. The van der Waals surface area contributed by atoms with Crippen molar-refractivity contribution in [2.24, 2.45) is 5.41 Å². The Labute approximate surface area is 370 Å². The summed E-state index contributed by atoms with van der Waals surface area (Å²) in [5, 5.41) is 3.18. The van der Waals surface area contributed by atoms with Crippen LogP contribution in [-0.2, 0) is 26.5 Å². The summed E-state index contributed by atoms with van der Waals surface area (Å²) in [5.41, 5.74) is 12.1. The van der Waals surface area contributed by atoms with Crippen molar-refractivity contribution in [1.29, 1.82) is 0 Å². The van der Waals surface area contributed by atoms with Gasteiger partial charge >= 0.3 is 0 Å². The van der Waals surface area contributed by atoms with Gasteiger partial charge in [0, 0.05) is 44.2 Å². The summed E-state index contributed by atoms with van der Waals surface area (Å²) >= 11 is 0. The maximum atomic E-state index is 8.79. The van der Waals surface area contributed by atoms with Gasteiger partial charge in [0.2, 0.25) is 0 Å². The van der Waals surface area contributed by atoms with Crippen LogP contribution in [0.15, 0.2) is 138 Å². The number of hydrogen-bond donors (Lipinski definition) is 0. The molecule has 4 nitrogen and oxygen atoms in total. The third-order valence-corrected chi connectivity index (χ3v) is 12.3. The molecule has 0 unspecified atom stereocenters. The fraction of sp³-hybridized carbons (Fsp3) is 0.208.